The van der Waals surface area contributed by atoms with E-state index in [9.17, 15) is 4.79 Å². The molecule has 2 amide bonds. The third-order valence-corrected chi connectivity index (χ3v) is 5.14. The quantitative estimate of drug-likeness (QED) is 0.785. The molecule has 0 radical (unpaired) electrons. The zero-order valence-electron chi connectivity index (χ0n) is 14.7. The first kappa shape index (κ1) is 16.1. The van der Waals surface area contributed by atoms with E-state index in [1.54, 1.807) is 0 Å². The first-order chi connectivity index (χ1) is 12.0. The van der Waals surface area contributed by atoms with Crippen LogP contribution in [-0.4, -0.2) is 41.6 Å². The van der Waals surface area contributed by atoms with Crippen LogP contribution in [0.5, 0.6) is 0 Å². The summed E-state index contributed by atoms with van der Waals surface area (Å²) in [6.07, 6.45) is 4.29. The largest absolute Gasteiger partial charge is 0.353 e. The molecule has 2 heterocycles. The molecule has 1 aromatic carbocycles. The topological polar surface area (TPSA) is 68.8 Å². The predicted molar refractivity (Wildman–Crippen MR) is 98.1 cm³/mol. The molecule has 3 aliphatic rings. The van der Waals surface area contributed by atoms with Crippen LogP contribution in [0.4, 0.5) is 4.79 Å². The van der Waals surface area contributed by atoms with Gasteiger partial charge in [-0.3, -0.25) is 10.3 Å². The van der Waals surface area contributed by atoms with Gasteiger partial charge in [-0.15, -0.1) is 0 Å². The number of benzene rings is 1. The molecule has 6 heteroatoms. The molecular weight excluding hydrogens is 314 g/mol. The molecule has 132 valence electrons. The molecular formula is C19H25N5O. The van der Waals surface area contributed by atoms with Crippen molar-refractivity contribution in [1.29, 1.82) is 0 Å². The first-order valence-electron chi connectivity index (χ1n) is 8.93. The Bertz CT molecular complexity index is 721. The maximum absolute atomic E-state index is 12.7. The molecule has 25 heavy (non-hydrogen) atoms. The number of amides is 2. The van der Waals surface area contributed by atoms with Crippen LogP contribution in [0.3, 0.4) is 0 Å². The highest BCUT2D eigenvalue weighted by atomic mass is 16.2. The van der Waals surface area contributed by atoms with Crippen LogP contribution in [0.2, 0.25) is 0 Å². The Kier molecular flexibility index (Phi) is 4.00. The summed E-state index contributed by atoms with van der Waals surface area (Å²) in [5.41, 5.74) is 2.90. The van der Waals surface area contributed by atoms with E-state index in [1.165, 1.54) is 12.8 Å². The molecule has 1 aliphatic carbocycles. The molecule has 0 spiro atoms. The minimum Gasteiger partial charge on any atom is -0.353 e. The third kappa shape index (κ3) is 3.26. The van der Waals surface area contributed by atoms with Crippen molar-refractivity contribution in [2.45, 2.75) is 51.1 Å². The molecule has 6 nitrogen and oxygen atoms in total. The summed E-state index contributed by atoms with van der Waals surface area (Å²) < 4.78 is 0. The summed E-state index contributed by atoms with van der Waals surface area (Å²) >= 11 is 0. The fourth-order valence-electron chi connectivity index (χ4n) is 3.42. The summed E-state index contributed by atoms with van der Waals surface area (Å²) in [6, 6.07) is 10.5. The van der Waals surface area contributed by atoms with E-state index >= 15 is 0 Å². The number of nitrogens with one attached hydrogen (secondary N) is 3. The first-order valence-corrected chi connectivity index (χ1v) is 8.93. The van der Waals surface area contributed by atoms with Gasteiger partial charge in [-0.25, -0.2) is 4.79 Å². The summed E-state index contributed by atoms with van der Waals surface area (Å²) in [5, 5.41) is 9.94. The van der Waals surface area contributed by atoms with E-state index in [4.69, 9.17) is 0 Å². The minimum atomic E-state index is -0.378. The second-order valence-electron chi connectivity index (χ2n) is 7.45. The number of carbonyl (C=O) groups excluding carboxylic acids is 1. The molecule has 1 unspecified atom stereocenters. The van der Waals surface area contributed by atoms with Gasteiger partial charge in [0.1, 0.15) is 0 Å². The van der Waals surface area contributed by atoms with Gasteiger partial charge in [-0.2, -0.15) is 0 Å². The van der Waals surface area contributed by atoms with Crippen LogP contribution in [0.1, 0.15) is 32.3 Å². The zero-order chi connectivity index (χ0) is 17.4. The number of urea groups is 1. The second kappa shape index (κ2) is 6.19. The van der Waals surface area contributed by atoms with Crippen LogP contribution < -0.4 is 16.0 Å². The highest BCUT2D eigenvalue weighted by Crippen LogP contribution is 2.34. The normalized spacial score (nSPS) is 24.1. The van der Waals surface area contributed by atoms with Gasteiger partial charge < -0.3 is 15.5 Å². The maximum Gasteiger partial charge on any atom is 0.318 e. The molecule has 2 aliphatic heterocycles. The monoisotopic (exact) mass is 339 g/mol. The number of hydrogen-bond acceptors (Lipinski definition) is 4. The van der Waals surface area contributed by atoms with Crippen molar-refractivity contribution in [3.05, 3.63) is 47.2 Å². The number of hydrogen-bond donors (Lipinski definition) is 3. The van der Waals surface area contributed by atoms with E-state index in [0.29, 0.717) is 19.1 Å². The van der Waals surface area contributed by atoms with E-state index in [2.05, 4.69) is 34.8 Å². The Balaban J connectivity index is 1.40. The summed E-state index contributed by atoms with van der Waals surface area (Å²) in [4.78, 5) is 19.2. The van der Waals surface area contributed by atoms with Crippen molar-refractivity contribution in [3.63, 3.8) is 0 Å². The molecule has 0 aromatic heterocycles. The second-order valence-corrected chi connectivity index (χ2v) is 7.45. The zero-order valence-corrected chi connectivity index (χ0v) is 14.7. The Hall–Kier alpha value is -2.34. The van der Waals surface area contributed by atoms with Crippen molar-refractivity contribution in [3.8, 4) is 0 Å². The maximum atomic E-state index is 12.7. The minimum absolute atomic E-state index is 0.0508. The van der Waals surface area contributed by atoms with Crippen molar-refractivity contribution in [2.24, 2.45) is 4.99 Å². The molecule has 1 aromatic rings. The van der Waals surface area contributed by atoms with Gasteiger partial charge in [-0.05, 0) is 32.3 Å². The van der Waals surface area contributed by atoms with Crippen LogP contribution in [-0.2, 0) is 6.54 Å². The standard InChI is InChI=1S/C19H25N5O/c1-19(2)15-11-20-17(22-14-8-9-14)23-16(15)12-24(19)18(25)21-10-13-6-4-3-5-7-13/h3-7,11,14,17,22-23H,8-10,12H2,1-2H3,(H,21,25). The van der Waals surface area contributed by atoms with Crippen LogP contribution in [0, 0.1) is 0 Å². The Labute approximate surface area is 148 Å². The molecule has 0 saturated heterocycles. The lowest BCUT2D eigenvalue weighted by Gasteiger charge is -2.33. The van der Waals surface area contributed by atoms with Gasteiger partial charge in [-0.1, -0.05) is 30.3 Å². The van der Waals surface area contributed by atoms with Crippen LogP contribution in [0.15, 0.2) is 46.6 Å². The Morgan fingerprint density at radius 3 is 2.80 bits per heavy atom. The number of carbonyl (C=O) groups is 1. The SMILES string of the molecule is CC1(C)C2=C(CN1C(=O)NCc1ccccc1)NC(NC1CC1)N=C2. The average Bonchev–Trinajstić information content (AvgIpc) is 3.37. The van der Waals surface area contributed by atoms with E-state index in [0.717, 1.165) is 16.8 Å². The number of rotatable bonds is 4. The van der Waals surface area contributed by atoms with Gasteiger partial charge in [0.25, 0.3) is 0 Å². The Morgan fingerprint density at radius 2 is 2.08 bits per heavy atom. The van der Waals surface area contributed by atoms with Crippen molar-refractivity contribution >= 4 is 12.2 Å². The lowest BCUT2D eigenvalue weighted by atomic mass is 9.95. The summed E-state index contributed by atoms with van der Waals surface area (Å²) in [7, 11) is 0. The van der Waals surface area contributed by atoms with E-state index in [-0.39, 0.29) is 17.9 Å². The number of nitrogens with zero attached hydrogens (tertiary/aromatic N) is 2. The van der Waals surface area contributed by atoms with Gasteiger partial charge in [0.15, 0.2) is 6.29 Å². The fraction of sp³-hybridized carbons (Fsp3) is 0.474. The smallest absolute Gasteiger partial charge is 0.318 e. The lowest BCUT2D eigenvalue weighted by molar-refractivity contribution is 0.172. The lowest BCUT2D eigenvalue weighted by Crippen LogP contribution is -2.49. The molecule has 1 saturated carbocycles. The highest BCUT2D eigenvalue weighted by Gasteiger charge is 2.43. The Morgan fingerprint density at radius 1 is 1.32 bits per heavy atom. The van der Waals surface area contributed by atoms with Gasteiger partial charge in [0.2, 0.25) is 0 Å². The molecule has 1 atom stereocenters. The van der Waals surface area contributed by atoms with Crippen LogP contribution >= 0.6 is 0 Å². The van der Waals surface area contributed by atoms with E-state index in [1.807, 2.05) is 41.4 Å². The van der Waals surface area contributed by atoms with Crippen molar-refractivity contribution in [2.75, 3.05) is 6.54 Å². The predicted octanol–water partition coefficient (Wildman–Crippen LogP) is 1.95. The van der Waals surface area contributed by atoms with Gasteiger partial charge >= 0.3 is 6.03 Å². The fourth-order valence-corrected chi connectivity index (χ4v) is 3.42. The van der Waals surface area contributed by atoms with Crippen molar-refractivity contribution in [1.82, 2.24) is 20.9 Å². The summed E-state index contributed by atoms with van der Waals surface area (Å²) in [5.74, 6) is 0. The highest BCUT2D eigenvalue weighted by molar-refractivity contribution is 5.88. The molecule has 0 bridgehead atoms. The van der Waals surface area contributed by atoms with Gasteiger partial charge in [0, 0.05) is 30.1 Å². The van der Waals surface area contributed by atoms with Crippen molar-refractivity contribution < 1.29 is 4.79 Å². The molecule has 3 N–H and O–H groups in total. The molecule has 1 fully saturated rings. The average molecular weight is 339 g/mol. The summed E-state index contributed by atoms with van der Waals surface area (Å²) in [6.45, 7) is 5.25. The van der Waals surface area contributed by atoms with Gasteiger partial charge in [0.05, 0.1) is 12.1 Å². The third-order valence-electron chi connectivity index (χ3n) is 5.14. The van der Waals surface area contributed by atoms with E-state index < -0.39 is 0 Å². The van der Waals surface area contributed by atoms with Crippen LogP contribution in [0.25, 0.3) is 0 Å². The molecule has 4 rings (SSSR count). The number of aliphatic imine (C=N–C) groups is 1.